The summed E-state index contributed by atoms with van der Waals surface area (Å²) in [5.41, 5.74) is 3.24. The molecular weight excluding hydrogens is 316 g/mol. The molecule has 1 aromatic heterocycles. The van der Waals surface area contributed by atoms with Gasteiger partial charge in [0, 0.05) is 17.1 Å². The number of carbonyl (C=O) groups is 1. The maximum atomic E-state index is 12.1. The van der Waals surface area contributed by atoms with Crippen LogP contribution in [0.5, 0.6) is 5.75 Å². The molecule has 0 saturated heterocycles. The molecule has 0 spiro atoms. The maximum Gasteiger partial charge on any atom is 0.262 e. The fraction of sp³-hybridized carbons (Fsp3) is 0.200. The molecule has 1 amide bonds. The summed E-state index contributed by atoms with van der Waals surface area (Å²) in [6.45, 7) is 3.90. The molecule has 3 rings (SSSR count). The van der Waals surface area contributed by atoms with E-state index < -0.39 is 0 Å². The normalized spacial score (nSPS) is 10.6. The van der Waals surface area contributed by atoms with Crippen LogP contribution >= 0.6 is 0 Å². The Morgan fingerprint density at radius 2 is 2.00 bits per heavy atom. The zero-order valence-electron chi connectivity index (χ0n) is 14.3. The van der Waals surface area contributed by atoms with Gasteiger partial charge >= 0.3 is 0 Å². The Labute approximate surface area is 145 Å². The minimum Gasteiger partial charge on any atom is -0.484 e. The first-order chi connectivity index (χ1) is 12.0. The van der Waals surface area contributed by atoms with Crippen molar-refractivity contribution in [3.05, 3.63) is 70.0 Å². The molecule has 2 N–H and O–H groups in total. The fourth-order valence-electron chi connectivity index (χ4n) is 2.75. The van der Waals surface area contributed by atoms with Gasteiger partial charge in [0.2, 0.25) is 5.56 Å². The first-order valence-corrected chi connectivity index (χ1v) is 8.20. The van der Waals surface area contributed by atoms with E-state index in [0.29, 0.717) is 17.0 Å². The molecule has 0 bridgehead atoms. The van der Waals surface area contributed by atoms with Crippen molar-refractivity contribution in [3.8, 4) is 5.75 Å². The van der Waals surface area contributed by atoms with Crippen LogP contribution < -0.4 is 15.6 Å². The number of fused-ring (bicyclic) bond motifs is 1. The van der Waals surface area contributed by atoms with Gasteiger partial charge in [0.1, 0.15) is 5.75 Å². The lowest BCUT2D eigenvalue weighted by Gasteiger charge is -2.10. The van der Waals surface area contributed by atoms with Gasteiger partial charge in [-0.3, -0.25) is 9.59 Å². The molecule has 25 heavy (non-hydrogen) atoms. The van der Waals surface area contributed by atoms with Gasteiger partial charge in [0.25, 0.3) is 5.91 Å². The van der Waals surface area contributed by atoms with Crippen LogP contribution in [-0.2, 0) is 11.2 Å². The number of ether oxygens (including phenoxy) is 1. The topological polar surface area (TPSA) is 71.2 Å². The van der Waals surface area contributed by atoms with Gasteiger partial charge in [-0.05, 0) is 48.7 Å². The predicted octanol–water partition coefficient (Wildman–Crippen LogP) is 3.42. The highest BCUT2D eigenvalue weighted by Gasteiger charge is 2.07. The number of anilines is 1. The zero-order chi connectivity index (χ0) is 17.8. The zero-order valence-corrected chi connectivity index (χ0v) is 14.3. The smallest absolute Gasteiger partial charge is 0.262 e. The third-order valence-corrected chi connectivity index (χ3v) is 3.95. The van der Waals surface area contributed by atoms with Crippen LogP contribution in [0.3, 0.4) is 0 Å². The van der Waals surface area contributed by atoms with Crippen LogP contribution in [0.4, 0.5) is 5.69 Å². The molecule has 3 aromatic rings. The Bertz CT molecular complexity index is 976. The van der Waals surface area contributed by atoms with Crippen molar-refractivity contribution < 1.29 is 9.53 Å². The van der Waals surface area contributed by atoms with E-state index in [9.17, 15) is 9.59 Å². The average molecular weight is 336 g/mol. The minimum absolute atomic E-state index is 0.0764. The van der Waals surface area contributed by atoms with Crippen LogP contribution in [0.1, 0.15) is 18.1 Å². The van der Waals surface area contributed by atoms with Gasteiger partial charge in [-0.2, -0.15) is 0 Å². The van der Waals surface area contributed by atoms with Gasteiger partial charge in [-0.1, -0.05) is 25.1 Å². The van der Waals surface area contributed by atoms with Gasteiger partial charge in [-0.25, -0.2) is 0 Å². The Hall–Kier alpha value is -3.08. The number of H-pyrrole nitrogens is 1. The number of hydrogen-bond donors (Lipinski definition) is 2. The van der Waals surface area contributed by atoms with Crippen LogP contribution in [0, 0.1) is 6.92 Å². The Balaban J connectivity index is 1.72. The summed E-state index contributed by atoms with van der Waals surface area (Å²) in [5.74, 6) is 0.403. The van der Waals surface area contributed by atoms with E-state index in [4.69, 9.17) is 4.74 Å². The van der Waals surface area contributed by atoms with Gasteiger partial charge in [0.05, 0.1) is 5.52 Å². The molecular formula is C20H20N2O3. The molecule has 1 heterocycles. The van der Waals surface area contributed by atoms with Crippen LogP contribution in [-0.4, -0.2) is 17.5 Å². The lowest BCUT2D eigenvalue weighted by atomic mass is 10.1. The molecule has 128 valence electrons. The summed E-state index contributed by atoms with van der Waals surface area (Å²) in [5, 5.41) is 3.77. The molecule has 5 heteroatoms. The summed E-state index contributed by atoms with van der Waals surface area (Å²) < 4.78 is 5.49. The number of pyridine rings is 1. The molecule has 0 fully saturated rings. The fourth-order valence-corrected chi connectivity index (χ4v) is 2.75. The molecule has 0 saturated carbocycles. The molecule has 5 nitrogen and oxygen atoms in total. The molecule has 2 aromatic carbocycles. The first kappa shape index (κ1) is 16.8. The van der Waals surface area contributed by atoms with Crippen LogP contribution in [0.25, 0.3) is 10.9 Å². The lowest BCUT2D eigenvalue weighted by molar-refractivity contribution is -0.118. The van der Waals surface area contributed by atoms with E-state index in [-0.39, 0.29) is 18.1 Å². The molecule has 0 aliphatic heterocycles. The van der Waals surface area contributed by atoms with Gasteiger partial charge < -0.3 is 15.0 Å². The van der Waals surface area contributed by atoms with Crippen LogP contribution in [0.2, 0.25) is 0 Å². The second-order valence-corrected chi connectivity index (χ2v) is 5.93. The highest BCUT2D eigenvalue weighted by molar-refractivity contribution is 5.94. The quantitative estimate of drug-likeness (QED) is 0.750. The summed E-state index contributed by atoms with van der Waals surface area (Å²) in [6, 6.07) is 14.6. The highest BCUT2D eigenvalue weighted by atomic mass is 16.5. The standard InChI is InChI=1S/C20H20N2O3/c1-3-14-10-19(23)22-18-11-15(7-8-17(14)18)21-20(24)12-25-16-6-4-5-13(2)9-16/h4-11H,3,12H2,1-2H3,(H,21,24)(H,22,23). The maximum absolute atomic E-state index is 12.1. The van der Waals surface area contributed by atoms with Crippen molar-refractivity contribution in [3.63, 3.8) is 0 Å². The number of aromatic amines is 1. The number of carbonyl (C=O) groups excluding carboxylic acids is 1. The Kier molecular flexibility index (Phi) is 4.84. The van der Waals surface area contributed by atoms with Gasteiger partial charge in [0.15, 0.2) is 6.61 Å². The summed E-state index contributed by atoms with van der Waals surface area (Å²) in [7, 11) is 0. The second kappa shape index (κ2) is 7.21. The number of hydrogen-bond acceptors (Lipinski definition) is 3. The summed E-state index contributed by atoms with van der Waals surface area (Å²) >= 11 is 0. The Morgan fingerprint density at radius 3 is 2.76 bits per heavy atom. The van der Waals surface area contributed by atoms with Crippen molar-refractivity contribution in [2.75, 3.05) is 11.9 Å². The number of aromatic nitrogens is 1. The third kappa shape index (κ3) is 4.07. The first-order valence-electron chi connectivity index (χ1n) is 8.20. The number of amides is 1. The lowest BCUT2D eigenvalue weighted by Crippen LogP contribution is -2.20. The molecule has 0 unspecified atom stereocenters. The molecule has 0 aliphatic carbocycles. The summed E-state index contributed by atoms with van der Waals surface area (Å²) in [6.07, 6.45) is 0.774. The number of benzene rings is 2. The van der Waals surface area contributed by atoms with Crippen molar-refractivity contribution in [2.24, 2.45) is 0 Å². The Morgan fingerprint density at radius 1 is 1.16 bits per heavy atom. The second-order valence-electron chi connectivity index (χ2n) is 5.93. The monoisotopic (exact) mass is 336 g/mol. The van der Waals surface area contributed by atoms with E-state index in [1.807, 2.05) is 50.2 Å². The van der Waals surface area contributed by atoms with E-state index in [1.54, 1.807) is 12.1 Å². The molecule has 0 atom stereocenters. The van der Waals surface area contributed by atoms with Gasteiger partial charge in [-0.15, -0.1) is 0 Å². The van der Waals surface area contributed by atoms with E-state index in [2.05, 4.69) is 10.3 Å². The molecule has 0 radical (unpaired) electrons. The van der Waals surface area contributed by atoms with Crippen molar-refractivity contribution in [2.45, 2.75) is 20.3 Å². The highest BCUT2D eigenvalue weighted by Crippen LogP contribution is 2.20. The van der Waals surface area contributed by atoms with E-state index in [0.717, 1.165) is 22.9 Å². The summed E-state index contributed by atoms with van der Waals surface area (Å²) in [4.78, 5) is 26.6. The average Bonchev–Trinajstić information content (AvgIpc) is 2.59. The largest absolute Gasteiger partial charge is 0.484 e. The molecule has 0 aliphatic rings. The SMILES string of the molecule is CCc1cc(=O)[nH]c2cc(NC(=O)COc3cccc(C)c3)ccc12. The number of aryl methyl sites for hydroxylation is 2. The number of rotatable bonds is 5. The van der Waals surface area contributed by atoms with E-state index in [1.165, 1.54) is 0 Å². The van der Waals surface area contributed by atoms with E-state index >= 15 is 0 Å². The van der Waals surface area contributed by atoms with Crippen LogP contribution in [0.15, 0.2) is 53.3 Å². The van der Waals surface area contributed by atoms with Crippen molar-refractivity contribution >= 4 is 22.5 Å². The minimum atomic E-state index is -0.255. The third-order valence-electron chi connectivity index (χ3n) is 3.95. The van der Waals surface area contributed by atoms with Crippen molar-refractivity contribution in [1.29, 1.82) is 0 Å². The van der Waals surface area contributed by atoms with Crippen molar-refractivity contribution in [1.82, 2.24) is 4.98 Å². The number of nitrogens with one attached hydrogen (secondary N) is 2. The predicted molar refractivity (Wildman–Crippen MR) is 99.3 cm³/mol.